The normalized spacial score (nSPS) is 11.3. The van der Waals surface area contributed by atoms with Crippen LogP contribution in [0.4, 0.5) is 0 Å². The second kappa shape index (κ2) is 8.55. The highest BCUT2D eigenvalue weighted by atomic mass is 32.2. The van der Waals surface area contributed by atoms with E-state index >= 15 is 0 Å². The molecule has 0 aliphatic carbocycles. The molecule has 5 heteroatoms. The summed E-state index contributed by atoms with van der Waals surface area (Å²) in [5.74, 6) is 0.998. The molecule has 0 saturated heterocycles. The van der Waals surface area contributed by atoms with Gasteiger partial charge in [0.2, 0.25) is 0 Å². The topological polar surface area (TPSA) is 41.3 Å². The van der Waals surface area contributed by atoms with E-state index in [1.165, 1.54) is 0 Å². The Morgan fingerprint density at radius 2 is 2.12 bits per heavy atom. The van der Waals surface area contributed by atoms with Crippen molar-refractivity contribution in [1.29, 1.82) is 0 Å². The summed E-state index contributed by atoms with van der Waals surface area (Å²) in [4.78, 5) is 6.66. The predicted octanol–water partition coefficient (Wildman–Crippen LogP) is 2.01. The van der Waals surface area contributed by atoms with Crippen LogP contribution in [0.25, 0.3) is 0 Å². The van der Waals surface area contributed by atoms with Crippen LogP contribution >= 0.6 is 11.8 Å². The van der Waals surface area contributed by atoms with Gasteiger partial charge in [-0.3, -0.25) is 0 Å². The van der Waals surface area contributed by atoms with Crippen LogP contribution in [0, 0.1) is 6.92 Å². The Balaban J connectivity index is 1.97. The minimum Gasteiger partial charge on any atom is -0.440 e. The SMILES string of the molecule is CCN(CC)CCNCCSc1nc(C)co1. The molecular formula is C12H23N3OS. The Morgan fingerprint density at radius 3 is 2.71 bits per heavy atom. The molecule has 0 unspecified atom stereocenters. The van der Waals surface area contributed by atoms with E-state index in [0.717, 1.165) is 49.4 Å². The Labute approximate surface area is 108 Å². The first-order valence-electron chi connectivity index (χ1n) is 6.24. The van der Waals surface area contributed by atoms with Crippen molar-refractivity contribution in [3.05, 3.63) is 12.0 Å². The van der Waals surface area contributed by atoms with Gasteiger partial charge in [0.15, 0.2) is 0 Å². The van der Waals surface area contributed by atoms with Crippen molar-refractivity contribution < 1.29 is 4.42 Å². The van der Waals surface area contributed by atoms with Gasteiger partial charge in [-0.2, -0.15) is 0 Å². The van der Waals surface area contributed by atoms with Crippen LogP contribution in [0.3, 0.4) is 0 Å². The van der Waals surface area contributed by atoms with Gasteiger partial charge in [0.1, 0.15) is 6.26 Å². The number of oxazole rings is 1. The van der Waals surface area contributed by atoms with E-state index < -0.39 is 0 Å². The molecule has 0 spiro atoms. The highest BCUT2D eigenvalue weighted by Crippen LogP contribution is 2.15. The van der Waals surface area contributed by atoms with Gasteiger partial charge in [0.05, 0.1) is 5.69 Å². The number of rotatable bonds is 9. The molecule has 0 aliphatic heterocycles. The maximum Gasteiger partial charge on any atom is 0.255 e. The number of nitrogens with one attached hydrogen (secondary N) is 1. The number of hydrogen-bond donors (Lipinski definition) is 1. The second-order valence-electron chi connectivity index (χ2n) is 3.88. The smallest absolute Gasteiger partial charge is 0.255 e. The van der Waals surface area contributed by atoms with Crippen molar-refractivity contribution in [1.82, 2.24) is 15.2 Å². The van der Waals surface area contributed by atoms with Crippen LogP contribution in [0.15, 0.2) is 15.9 Å². The number of thioether (sulfide) groups is 1. The molecule has 1 rings (SSSR count). The lowest BCUT2D eigenvalue weighted by Gasteiger charge is -2.17. The molecule has 0 fully saturated rings. The molecule has 1 N–H and O–H groups in total. The standard InChI is InChI=1S/C12H23N3OS/c1-4-15(5-2)8-6-13-7-9-17-12-14-11(3)10-16-12/h10,13H,4-9H2,1-3H3. The van der Waals surface area contributed by atoms with Crippen LogP contribution in [0.2, 0.25) is 0 Å². The number of likely N-dealkylation sites (N-methyl/N-ethyl adjacent to an activating group) is 1. The van der Waals surface area contributed by atoms with E-state index in [1.807, 2.05) is 6.92 Å². The summed E-state index contributed by atoms with van der Waals surface area (Å²) in [5, 5.41) is 4.20. The van der Waals surface area contributed by atoms with Crippen LogP contribution in [0.1, 0.15) is 19.5 Å². The van der Waals surface area contributed by atoms with Gasteiger partial charge in [-0.25, -0.2) is 4.98 Å². The Bertz CT molecular complexity index is 300. The minimum atomic E-state index is 0.771. The minimum absolute atomic E-state index is 0.771. The summed E-state index contributed by atoms with van der Waals surface area (Å²) in [6.45, 7) is 11.8. The van der Waals surface area contributed by atoms with Crippen molar-refractivity contribution in [2.24, 2.45) is 0 Å². The summed E-state index contributed by atoms with van der Waals surface area (Å²) >= 11 is 1.66. The zero-order valence-electron chi connectivity index (χ0n) is 11.0. The molecule has 0 amide bonds. The van der Waals surface area contributed by atoms with Crippen LogP contribution in [-0.4, -0.2) is 48.4 Å². The number of aromatic nitrogens is 1. The summed E-state index contributed by atoms with van der Waals surface area (Å²) in [6.07, 6.45) is 1.69. The van der Waals surface area contributed by atoms with Gasteiger partial charge >= 0.3 is 0 Å². The Hall–Kier alpha value is -0.520. The zero-order chi connectivity index (χ0) is 12.5. The molecule has 0 aromatic carbocycles. The molecule has 1 aromatic heterocycles. The molecule has 17 heavy (non-hydrogen) atoms. The summed E-state index contributed by atoms with van der Waals surface area (Å²) in [6, 6.07) is 0. The lowest BCUT2D eigenvalue weighted by molar-refractivity contribution is 0.303. The summed E-state index contributed by atoms with van der Waals surface area (Å²) in [5.41, 5.74) is 0.946. The molecule has 0 saturated carbocycles. The molecule has 0 atom stereocenters. The number of hydrogen-bond acceptors (Lipinski definition) is 5. The van der Waals surface area contributed by atoms with Gasteiger partial charge in [-0.05, 0) is 20.0 Å². The van der Waals surface area contributed by atoms with E-state index in [2.05, 4.69) is 29.0 Å². The first-order chi connectivity index (χ1) is 8.26. The predicted molar refractivity (Wildman–Crippen MR) is 72.6 cm³/mol. The molecule has 1 heterocycles. The maximum atomic E-state index is 5.26. The van der Waals surface area contributed by atoms with E-state index in [4.69, 9.17) is 4.42 Å². The lowest BCUT2D eigenvalue weighted by atomic mass is 10.4. The molecule has 1 aromatic rings. The number of aryl methyl sites for hydroxylation is 1. The molecule has 0 radical (unpaired) electrons. The number of nitrogens with zero attached hydrogens (tertiary/aromatic N) is 2. The Morgan fingerprint density at radius 1 is 1.35 bits per heavy atom. The summed E-state index contributed by atoms with van der Waals surface area (Å²) < 4.78 is 5.26. The maximum absolute atomic E-state index is 5.26. The van der Waals surface area contributed by atoms with Crippen LogP contribution < -0.4 is 5.32 Å². The zero-order valence-corrected chi connectivity index (χ0v) is 11.8. The van der Waals surface area contributed by atoms with E-state index in [1.54, 1.807) is 18.0 Å². The molecule has 98 valence electrons. The van der Waals surface area contributed by atoms with Gasteiger partial charge in [-0.1, -0.05) is 25.6 Å². The monoisotopic (exact) mass is 257 g/mol. The fourth-order valence-corrected chi connectivity index (χ4v) is 2.26. The van der Waals surface area contributed by atoms with Crippen molar-refractivity contribution in [2.75, 3.05) is 38.5 Å². The molecular weight excluding hydrogens is 234 g/mol. The highest BCUT2D eigenvalue weighted by molar-refractivity contribution is 7.99. The molecule has 0 bridgehead atoms. The van der Waals surface area contributed by atoms with Crippen molar-refractivity contribution in [2.45, 2.75) is 26.0 Å². The van der Waals surface area contributed by atoms with Gasteiger partial charge in [0.25, 0.3) is 5.22 Å². The van der Waals surface area contributed by atoms with Gasteiger partial charge < -0.3 is 14.6 Å². The largest absolute Gasteiger partial charge is 0.440 e. The van der Waals surface area contributed by atoms with Crippen molar-refractivity contribution >= 4 is 11.8 Å². The lowest BCUT2D eigenvalue weighted by Crippen LogP contribution is -2.32. The van der Waals surface area contributed by atoms with Crippen molar-refractivity contribution in [3.8, 4) is 0 Å². The van der Waals surface area contributed by atoms with E-state index in [9.17, 15) is 0 Å². The van der Waals surface area contributed by atoms with Crippen LogP contribution in [-0.2, 0) is 0 Å². The second-order valence-corrected chi connectivity index (χ2v) is 4.93. The average molecular weight is 257 g/mol. The third kappa shape index (κ3) is 6.10. The first kappa shape index (κ1) is 14.5. The van der Waals surface area contributed by atoms with Gasteiger partial charge in [0, 0.05) is 25.4 Å². The fraction of sp³-hybridized carbons (Fsp3) is 0.750. The fourth-order valence-electron chi connectivity index (χ4n) is 1.51. The summed E-state index contributed by atoms with van der Waals surface area (Å²) in [7, 11) is 0. The van der Waals surface area contributed by atoms with E-state index in [-0.39, 0.29) is 0 Å². The first-order valence-corrected chi connectivity index (χ1v) is 7.22. The average Bonchev–Trinajstić information content (AvgIpc) is 2.74. The van der Waals surface area contributed by atoms with Crippen LogP contribution in [0.5, 0.6) is 0 Å². The third-order valence-electron chi connectivity index (χ3n) is 2.60. The van der Waals surface area contributed by atoms with Gasteiger partial charge in [-0.15, -0.1) is 0 Å². The third-order valence-corrected chi connectivity index (χ3v) is 3.44. The quantitative estimate of drug-likeness (QED) is 0.541. The van der Waals surface area contributed by atoms with Crippen molar-refractivity contribution in [3.63, 3.8) is 0 Å². The highest BCUT2D eigenvalue weighted by Gasteiger charge is 2.01. The Kier molecular flexibility index (Phi) is 7.32. The molecule has 4 nitrogen and oxygen atoms in total. The van der Waals surface area contributed by atoms with E-state index in [0.29, 0.717) is 0 Å². The molecule has 0 aliphatic rings.